The number of amides is 2. The number of halogens is 2. The monoisotopic (exact) mass is 326 g/mol. The van der Waals surface area contributed by atoms with Gasteiger partial charge >= 0.3 is 5.92 Å². The van der Waals surface area contributed by atoms with Gasteiger partial charge in [0.2, 0.25) is 5.91 Å². The number of carbonyl (C=O) groups excluding carboxylic acids is 2. The van der Waals surface area contributed by atoms with Crippen LogP contribution in [0.2, 0.25) is 0 Å². The smallest absolute Gasteiger partial charge is 0.352 e. The fourth-order valence-electron chi connectivity index (χ4n) is 2.52. The molecule has 0 unspecified atom stereocenters. The number of hydrogen-bond donors (Lipinski definition) is 2. The third kappa shape index (κ3) is 3.67. The van der Waals surface area contributed by atoms with Gasteiger partial charge in [-0.3, -0.25) is 9.59 Å². The van der Waals surface area contributed by atoms with Gasteiger partial charge in [-0.05, 0) is 24.8 Å². The minimum absolute atomic E-state index is 0.0708. The van der Waals surface area contributed by atoms with Crippen molar-refractivity contribution >= 4 is 11.8 Å². The number of nitrogens with zero attached hydrogens (tertiary/aromatic N) is 1. The molecule has 0 atom stereocenters. The van der Waals surface area contributed by atoms with Crippen molar-refractivity contribution in [1.29, 1.82) is 0 Å². The van der Waals surface area contributed by atoms with Crippen LogP contribution in [0.15, 0.2) is 30.3 Å². The first-order valence-corrected chi connectivity index (χ1v) is 7.48. The van der Waals surface area contributed by atoms with E-state index in [2.05, 4.69) is 0 Å². The fraction of sp³-hybridized carbons (Fsp3) is 0.500. The lowest BCUT2D eigenvalue weighted by molar-refractivity contribution is -0.223. The van der Waals surface area contributed by atoms with Gasteiger partial charge in [0.25, 0.3) is 5.91 Å². The van der Waals surface area contributed by atoms with Crippen molar-refractivity contribution in [2.45, 2.75) is 43.8 Å². The van der Waals surface area contributed by atoms with Crippen LogP contribution < -0.4 is 5.73 Å². The first kappa shape index (κ1) is 17.3. The Morgan fingerprint density at radius 2 is 1.87 bits per heavy atom. The Morgan fingerprint density at radius 1 is 1.26 bits per heavy atom. The SMILES string of the molecule is NC(=O)CCN(Cc1ccccc1)C(=O)C(F)(F)C1(O)CCC1. The van der Waals surface area contributed by atoms with Crippen LogP contribution in [0.4, 0.5) is 8.78 Å². The lowest BCUT2D eigenvalue weighted by atomic mass is 9.75. The normalized spacial score (nSPS) is 16.5. The van der Waals surface area contributed by atoms with Crippen molar-refractivity contribution in [3.8, 4) is 0 Å². The molecule has 5 nitrogen and oxygen atoms in total. The molecule has 0 aliphatic heterocycles. The average molecular weight is 326 g/mol. The molecule has 2 rings (SSSR count). The Hall–Kier alpha value is -2.02. The molecule has 126 valence electrons. The van der Waals surface area contributed by atoms with E-state index in [1.54, 1.807) is 30.3 Å². The molecule has 7 heteroatoms. The van der Waals surface area contributed by atoms with Crippen molar-refractivity contribution in [3.63, 3.8) is 0 Å². The van der Waals surface area contributed by atoms with Crippen LogP contribution in [0.3, 0.4) is 0 Å². The van der Waals surface area contributed by atoms with Gasteiger partial charge in [0.05, 0.1) is 0 Å². The zero-order valence-electron chi connectivity index (χ0n) is 12.7. The molecule has 23 heavy (non-hydrogen) atoms. The van der Waals surface area contributed by atoms with Gasteiger partial charge in [-0.15, -0.1) is 0 Å². The molecule has 1 aliphatic carbocycles. The van der Waals surface area contributed by atoms with Gasteiger partial charge in [0.15, 0.2) is 0 Å². The summed E-state index contributed by atoms with van der Waals surface area (Å²) in [6.45, 7) is -0.284. The van der Waals surface area contributed by atoms with Crippen LogP contribution in [-0.2, 0) is 16.1 Å². The van der Waals surface area contributed by atoms with E-state index in [9.17, 15) is 23.5 Å². The van der Waals surface area contributed by atoms with Gasteiger partial charge in [-0.25, -0.2) is 0 Å². The molecule has 0 radical (unpaired) electrons. The number of primary amides is 1. The summed E-state index contributed by atoms with van der Waals surface area (Å²) >= 11 is 0. The highest BCUT2D eigenvalue weighted by molar-refractivity contribution is 5.85. The van der Waals surface area contributed by atoms with E-state index in [0.29, 0.717) is 12.0 Å². The van der Waals surface area contributed by atoms with E-state index < -0.39 is 23.3 Å². The summed E-state index contributed by atoms with van der Waals surface area (Å²) in [6, 6.07) is 8.61. The maximum Gasteiger partial charge on any atom is 0.352 e. The standard InChI is InChI=1S/C16H20F2N2O3/c17-16(18,15(23)8-4-9-15)14(22)20(10-7-13(19)21)11-12-5-2-1-3-6-12/h1-3,5-6,23H,4,7-11H2,(H2,19,21). The van der Waals surface area contributed by atoms with Gasteiger partial charge in [0, 0.05) is 19.5 Å². The molecule has 1 fully saturated rings. The largest absolute Gasteiger partial charge is 0.383 e. The van der Waals surface area contributed by atoms with Crippen LogP contribution in [0, 0.1) is 0 Å². The topological polar surface area (TPSA) is 83.6 Å². The van der Waals surface area contributed by atoms with Crippen LogP contribution in [0.1, 0.15) is 31.2 Å². The highest BCUT2D eigenvalue weighted by Gasteiger charge is 2.62. The van der Waals surface area contributed by atoms with Gasteiger partial charge in [0.1, 0.15) is 5.60 Å². The Labute approximate surface area is 133 Å². The number of carbonyl (C=O) groups is 2. The molecule has 1 saturated carbocycles. The number of benzene rings is 1. The number of rotatable bonds is 7. The maximum absolute atomic E-state index is 14.4. The van der Waals surface area contributed by atoms with E-state index in [1.807, 2.05) is 0 Å². The molecule has 2 amide bonds. The lowest BCUT2D eigenvalue weighted by Crippen LogP contribution is -2.61. The predicted molar refractivity (Wildman–Crippen MR) is 79.4 cm³/mol. The third-order valence-electron chi connectivity index (χ3n) is 4.17. The van der Waals surface area contributed by atoms with E-state index in [-0.39, 0.29) is 32.4 Å². The quantitative estimate of drug-likeness (QED) is 0.795. The fourth-order valence-corrected chi connectivity index (χ4v) is 2.52. The highest BCUT2D eigenvalue weighted by atomic mass is 19.3. The molecule has 0 heterocycles. The maximum atomic E-state index is 14.4. The van der Waals surface area contributed by atoms with Crippen molar-refractivity contribution in [2.24, 2.45) is 5.73 Å². The summed E-state index contributed by atoms with van der Waals surface area (Å²) < 4.78 is 28.7. The predicted octanol–water partition coefficient (Wildman–Crippen LogP) is 1.44. The molecule has 3 N–H and O–H groups in total. The van der Waals surface area contributed by atoms with Crippen LogP contribution in [-0.4, -0.2) is 39.9 Å². The summed E-state index contributed by atoms with van der Waals surface area (Å²) in [5, 5.41) is 9.91. The zero-order chi connectivity index (χ0) is 17.1. The number of alkyl halides is 2. The second-order valence-electron chi connectivity index (χ2n) is 5.89. The van der Waals surface area contributed by atoms with Crippen molar-refractivity contribution in [2.75, 3.05) is 6.54 Å². The van der Waals surface area contributed by atoms with Gasteiger partial charge in [-0.1, -0.05) is 30.3 Å². The van der Waals surface area contributed by atoms with Crippen LogP contribution in [0.5, 0.6) is 0 Å². The molecule has 0 aromatic heterocycles. The van der Waals surface area contributed by atoms with E-state index in [0.717, 1.165) is 4.90 Å². The van der Waals surface area contributed by atoms with E-state index in [4.69, 9.17) is 5.73 Å². The minimum atomic E-state index is -3.88. The minimum Gasteiger partial charge on any atom is -0.383 e. The average Bonchev–Trinajstić information content (AvgIpc) is 2.49. The molecule has 1 aromatic carbocycles. The lowest BCUT2D eigenvalue weighted by Gasteiger charge is -2.43. The Bertz CT molecular complexity index is 574. The molecular weight excluding hydrogens is 306 g/mol. The Morgan fingerprint density at radius 3 is 2.35 bits per heavy atom. The van der Waals surface area contributed by atoms with E-state index >= 15 is 0 Å². The van der Waals surface area contributed by atoms with Gasteiger partial charge < -0.3 is 15.7 Å². The summed E-state index contributed by atoms with van der Waals surface area (Å²) in [5.74, 6) is -6.02. The summed E-state index contributed by atoms with van der Waals surface area (Å²) in [4.78, 5) is 24.1. The second-order valence-corrected chi connectivity index (χ2v) is 5.89. The van der Waals surface area contributed by atoms with Crippen molar-refractivity contribution in [1.82, 2.24) is 4.90 Å². The van der Waals surface area contributed by atoms with Crippen LogP contribution >= 0.6 is 0 Å². The Kier molecular flexibility index (Phi) is 4.99. The second kappa shape index (κ2) is 6.62. The number of nitrogens with two attached hydrogens (primary N) is 1. The molecule has 0 bridgehead atoms. The summed E-state index contributed by atoms with van der Waals surface area (Å²) in [5.41, 5.74) is 3.42. The van der Waals surface area contributed by atoms with E-state index in [1.165, 1.54) is 0 Å². The first-order valence-electron chi connectivity index (χ1n) is 7.48. The third-order valence-corrected chi connectivity index (χ3v) is 4.17. The van der Waals surface area contributed by atoms with Crippen molar-refractivity contribution in [3.05, 3.63) is 35.9 Å². The molecule has 0 spiro atoms. The number of hydrogen-bond acceptors (Lipinski definition) is 3. The molecule has 1 aromatic rings. The number of aliphatic hydroxyl groups is 1. The summed E-state index contributed by atoms with van der Waals surface area (Å²) in [7, 11) is 0. The highest BCUT2D eigenvalue weighted by Crippen LogP contribution is 2.45. The molecule has 1 aliphatic rings. The van der Waals surface area contributed by atoms with Crippen molar-refractivity contribution < 1.29 is 23.5 Å². The Balaban J connectivity index is 2.18. The molecular formula is C16H20F2N2O3. The zero-order valence-corrected chi connectivity index (χ0v) is 12.7. The van der Waals surface area contributed by atoms with Gasteiger partial charge in [-0.2, -0.15) is 8.78 Å². The molecule has 0 saturated heterocycles. The summed E-state index contributed by atoms with van der Waals surface area (Å²) in [6.07, 6.45) is 0.0217. The first-order chi connectivity index (χ1) is 10.8. The van der Waals surface area contributed by atoms with Crippen LogP contribution in [0.25, 0.3) is 0 Å².